The molecular weight excluding hydrogens is 320 g/mol. The Morgan fingerprint density at radius 1 is 1.16 bits per heavy atom. The fourth-order valence-corrected chi connectivity index (χ4v) is 2.78. The fraction of sp³-hybridized carbons (Fsp3) is 0.444. The van der Waals surface area contributed by atoms with Crippen molar-refractivity contribution in [3.8, 4) is 11.5 Å². The van der Waals surface area contributed by atoms with Gasteiger partial charge < -0.3 is 24.8 Å². The minimum absolute atomic E-state index is 0.262. The molecule has 1 fully saturated rings. The zero-order chi connectivity index (χ0) is 17.6. The first kappa shape index (κ1) is 17.3. The van der Waals surface area contributed by atoms with Crippen molar-refractivity contribution in [2.45, 2.75) is 25.9 Å². The van der Waals surface area contributed by atoms with Crippen LogP contribution in [0.4, 0.5) is 17.5 Å². The standard InChI is InChI=1S/C18H24N4O3/c1-12-9-17(19-11-14-5-4-8-25-14)22-18(20-12)21-13-6-7-15(23-2)16(10-13)24-3/h6-7,9-10,14H,4-5,8,11H2,1-3H3,(H2,19,20,21,22). The average Bonchev–Trinajstić information content (AvgIpc) is 3.13. The van der Waals surface area contributed by atoms with E-state index < -0.39 is 0 Å². The van der Waals surface area contributed by atoms with Gasteiger partial charge in [-0.05, 0) is 31.9 Å². The Morgan fingerprint density at radius 3 is 2.72 bits per heavy atom. The van der Waals surface area contributed by atoms with Crippen LogP contribution in [-0.2, 0) is 4.74 Å². The lowest BCUT2D eigenvalue weighted by Gasteiger charge is -2.14. The minimum atomic E-state index is 0.262. The van der Waals surface area contributed by atoms with Gasteiger partial charge in [-0.3, -0.25) is 0 Å². The van der Waals surface area contributed by atoms with Crippen molar-refractivity contribution >= 4 is 17.5 Å². The monoisotopic (exact) mass is 344 g/mol. The average molecular weight is 344 g/mol. The Labute approximate surface area is 147 Å². The summed E-state index contributed by atoms with van der Waals surface area (Å²) >= 11 is 0. The third-order valence-electron chi connectivity index (χ3n) is 4.03. The van der Waals surface area contributed by atoms with E-state index in [1.807, 2.05) is 31.2 Å². The van der Waals surface area contributed by atoms with E-state index in [-0.39, 0.29) is 6.10 Å². The predicted octanol–water partition coefficient (Wildman–Crippen LogP) is 3.14. The van der Waals surface area contributed by atoms with Crippen molar-refractivity contribution < 1.29 is 14.2 Å². The van der Waals surface area contributed by atoms with Crippen LogP contribution >= 0.6 is 0 Å². The number of methoxy groups -OCH3 is 2. The Kier molecular flexibility index (Phi) is 5.55. The van der Waals surface area contributed by atoms with E-state index in [4.69, 9.17) is 14.2 Å². The Morgan fingerprint density at radius 2 is 2.00 bits per heavy atom. The highest BCUT2D eigenvalue weighted by Gasteiger charge is 2.15. The van der Waals surface area contributed by atoms with Gasteiger partial charge in [-0.2, -0.15) is 4.98 Å². The van der Waals surface area contributed by atoms with Crippen LogP contribution in [0.5, 0.6) is 11.5 Å². The minimum Gasteiger partial charge on any atom is -0.493 e. The summed E-state index contributed by atoms with van der Waals surface area (Å²) in [6, 6.07) is 7.51. The summed E-state index contributed by atoms with van der Waals surface area (Å²) < 4.78 is 16.2. The Hall–Kier alpha value is -2.54. The van der Waals surface area contributed by atoms with E-state index in [2.05, 4.69) is 20.6 Å². The quantitative estimate of drug-likeness (QED) is 0.799. The summed E-state index contributed by atoms with van der Waals surface area (Å²) in [5.74, 6) is 2.64. The molecule has 2 heterocycles. The number of ether oxygens (including phenoxy) is 3. The number of rotatable bonds is 7. The number of nitrogens with zero attached hydrogens (tertiary/aromatic N) is 2. The maximum Gasteiger partial charge on any atom is 0.229 e. The second-order valence-corrected chi connectivity index (χ2v) is 5.93. The van der Waals surface area contributed by atoms with Gasteiger partial charge in [-0.25, -0.2) is 4.98 Å². The van der Waals surface area contributed by atoms with Gasteiger partial charge in [0.1, 0.15) is 5.82 Å². The summed E-state index contributed by atoms with van der Waals surface area (Å²) in [5, 5.41) is 6.54. The van der Waals surface area contributed by atoms with E-state index in [1.54, 1.807) is 14.2 Å². The van der Waals surface area contributed by atoms with Crippen LogP contribution in [0, 0.1) is 6.92 Å². The van der Waals surface area contributed by atoms with Gasteiger partial charge in [0.25, 0.3) is 0 Å². The first-order chi connectivity index (χ1) is 12.2. The molecule has 1 aliphatic heterocycles. The molecule has 0 spiro atoms. The molecule has 0 saturated carbocycles. The maximum atomic E-state index is 5.63. The highest BCUT2D eigenvalue weighted by atomic mass is 16.5. The normalized spacial score (nSPS) is 16.5. The van der Waals surface area contributed by atoms with Crippen LogP contribution in [0.3, 0.4) is 0 Å². The molecule has 1 saturated heterocycles. The van der Waals surface area contributed by atoms with Crippen molar-refractivity contribution in [2.24, 2.45) is 0 Å². The van der Waals surface area contributed by atoms with Gasteiger partial charge in [0, 0.05) is 36.7 Å². The van der Waals surface area contributed by atoms with Crippen LogP contribution < -0.4 is 20.1 Å². The Bertz CT molecular complexity index is 717. The summed E-state index contributed by atoms with van der Waals surface area (Å²) in [6.45, 7) is 3.55. The highest BCUT2D eigenvalue weighted by Crippen LogP contribution is 2.30. The molecule has 1 unspecified atom stereocenters. The largest absolute Gasteiger partial charge is 0.493 e. The lowest BCUT2D eigenvalue weighted by molar-refractivity contribution is 0.120. The number of aromatic nitrogens is 2. The molecule has 0 bridgehead atoms. The number of aryl methyl sites for hydroxylation is 1. The molecule has 3 rings (SSSR count). The summed E-state index contributed by atoms with van der Waals surface area (Å²) in [7, 11) is 3.22. The van der Waals surface area contributed by atoms with Gasteiger partial charge in [0.05, 0.1) is 20.3 Å². The van der Waals surface area contributed by atoms with E-state index in [0.29, 0.717) is 17.4 Å². The number of hydrogen-bond acceptors (Lipinski definition) is 7. The van der Waals surface area contributed by atoms with Gasteiger partial charge in [-0.1, -0.05) is 0 Å². The van der Waals surface area contributed by atoms with Gasteiger partial charge in [0.15, 0.2) is 11.5 Å². The lowest BCUT2D eigenvalue weighted by Crippen LogP contribution is -2.19. The van der Waals surface area contributed by atoms with Crippen LogP contribution in [0.25, 0.3) is 0 Å². The van der Waals surface area contributed by atoms with Crippen molar-refractivity contribution in [2.75, 3.05) is 38.0 Å². The molecule has 2 aromatic rings. The molecule has 0 aliphatic carbocycles. The van der Waals surface area contributed by atoms with Crippen LogP contribution in [-0.4, -0.2) is 43.4 Å². The molecule has 1 atom stereocenters. The van der Waals surface area contributed by atoms with Crippen molar-refractivity contribution in [3.05, 3.63) is 30.0 Å². The molecule has 134 valence electrons. The van der Waals surface area contributed by atoms with Crippen LogP contribution in [0.2, 0.25) is 0 Å². The van der Waals surface area contributed by atoms with Gasteiger partial charge >= 0.3 is 0 Å². The smallest absolute Gasteiger partial charge is 0.229 e. The predicted molar refractivity (Wildman–Crippen MR) is 97.1 cm³/mol. The van der Waals surface area contributed by atoms with Crippen molar-refractivity contribution in [3.63, 3.8) is 0 Å². The second kappa shape index (κ2) is 8.02. The molecule has 0 radical (unpaired) electrons. The summed E-state index contributed by atoms with van der Waals surface area (Å²) in [6.07, 6.45) is 2.48. The molecule has 0 amide bonds. The van der Waals surface area contributed by atoms with Crippen molar-refractivity contribution in [1.82, 2.24) is 9.97 Å². The third kappa shape index (κ3) is 4.51. The first-order valence-electron chi connectivity index (χ1n) is 8.38. The molecule has 2 N–H and O–H groups in total. The van der Waals surface area contributed by atoms with Crippen LogP contribution in [0.15, 0.2) is 24.3 Å². The van der Waals surface area contributed by atoms with Crippen LogP contribution in [0.1, 0.15) is 18.5 Å². The van der Waals surface area contributed by atoms with Gasteiger partial charge in [-0.15, -0.1) is 0 Å². The Balaban J connectivity index is 1.71. The number of hydrogen-bond donors (Lipinski definition) is 2. The highest BCUT2D eigenvalue weighted by molar-refractivity contribution is 5.60. The first-order valence-corrected chi connectivity index (χ1v) is 8.38. The molecule has 7 nitrogen and oxygen atoms in total. The zero-order valence-corrected chi connectivity index (χ0v) is 14.8. The summed E-state index contributed by atoms with van der Waals surface area (Å²) in [5.41, 5.74) is 1.71. The molecule has 1 aromatic heterocycles. The SMILES string of the molecule is COc1ccc(Nc2nc(C)cc(NCC3CCCO3)n2)cc1OC. The fourth-order valence-electron chi connectivity index (χ4n) is 2.78. The van der Waals surface area contributed by atoms with E-state index in [0.717, 1.165) is 43.2 Å². The number of anilines is 3. The summed E-state index contributed by atoms with van der Waals surface area (Å²) in [4.78, 5) is 8.97. The number of nitrogens with one attached hydrogen (secondary N) is 2. The number of benzene rings is 1. The maximum absolute atomic E-state index is 5.63. The zero-order valence-electron chi connectivity index (χ0n) is 14.8. The van der Waals surface area contributed by atoms with E-state index in [1.165, 1.54) is 0 Å². The van der Waals surface area contributed by atoms with E-state index in [9.17, 15) is 0 Å². The molecular formula is C18H24N4O3. The lowest BCUT2D eigenvalue weighted by atomic mass is 10.2. The molecule has 1 aliphatic rings. The van der Waals surface area contributed by atoms with Crippen molar-refractivity contribution in [1.29, 1.82) is 0 Å². The van der Waals surface area contributed by atoms with Gasteiger partial charge in [0.2, 0.25) is 5.95 Å². The third-order valence-corrected chi connectivity index (χ3v) is 4.03. The molecule has 25 heavy (non-hydrogen) atoms. The topological polar surface area (TPSA) is 77.5 Å². The molecule has 1 aromatic carbocycles. The van der Waals surface area contributed by atoms with E-state index >= 15 is 0 Å². The molecule has 7 heteroatoms. The second-order valence-electron chi connectivity index (χ2n) is 5.93.